The summed E-state index contributed by atoms with van der Waals surface area (Å²) in [4.78, 5) is 20.6. The highest BCUT2D eigenvalue weighted by molar-refractivity contribution is 7.92. The highest BCUT2D eigenvalue weighted by Crippen LogP contribution is 2.17. The average Bonchev–Trinajstić information content (AvgIpc) is 3.22. The topological polar surface area (TPSA) is 146 Å². The molecule has 0 radical (unpaired) electrons. The molecule has 174 valence electrons. The second-order valence-electron chi connectivity index (χ2n) is 7.44. The first-order valence-electron chi connectivity index (χ1n) is 10.1. The van der Waals surface area contributed by atoms with Crippen molar-refractivity contribution in [2.24, 2.45) is 0 Å². The van der Waals surface area contributed by atoms with Gasteiger partial charge in [0.15, 0.2) is 5.69 Å². The minimum absolute atomic E-state index is 0. The minimum atomic E-state index is -3.60. The Bertz CT molecular complexity index is 941. The van der Waals surface area contributed by atoms with Gasteiger partial charge in [0, 0.05) is 20.9 Å². The van der Waals surface area contributed by atoms with Crippen LogP contribution in [0.5, 0.6) is 0 Å². The number of hydrogen-bond acceptors (Lipinski definition) is 8. The maximum absolute atomic E-state index is 12.7. The van der Waals surface area contributed by atoms with Gasteiger partial charge in [-0.05, 0) is 30.5 Å². The van der Waals surface area contributed by atoms with Gasteiger partial charge in [0.2, 0.25) is 10.0 Å². The van der Waals surface area contributed by atoms with Crippen LogP contribution in [0.15, 0.2) is 35.2 Å². The maximum atomic E-state index is 12.7. The molecule has 3 unspecified atom stereocenters. The number of anilines is 1. The number of aliphatic hydroxyl groups is 2. The van der Waals surface area contributed by atoms with Crippen LogP contribution >= 0.6 is 0 Å². The van der Waals surface area contributed by atoms with Crippen LogP contribution in [-0.2, 0) is 16.4 Å². The molecule has 0 fully saturated rings. The van der Waals surface area contributed by atoms with Gasteiger partial charge in [-0.25, -0.2) is 12.7 Å². The summed E-state index contributed by atoms with van der Waals surface area (Å²) in [5.41, 5.74) is 0.677. The predicted octanol–water partition coefficient (Wildman–Crippen LogP) is 1.35. The Kier molecular flexibility index (Phi) is 8.96. The number of oxazole rings is 1. The third-order valence-corrected chi connectivity index (χ3v) is 6.07. The lowest BCUT2D eigenvalue weighted by molar-refractivity contribution is -0.00834. The number of sulfonamides is 1. The van der Waals surface area contributed by atoms with Gasteiger partial charge in [0.05, 0.1) is 18.4 Å². The van der Waals surface area contributed by atoms with Gasteiger partial charge in [-0.3, -0.25) is 9.78 Å². The number of amides is 1. The SMILES string of the molecule is CCCCCC(O)C(O)C(Cc1ccncc1)NC(=O)c1coc(N(C)S(C)(=O)=O)n1.[HH]. The van der Waals surface area contributed by atoms with Crippen LogP contribution in [-0.4, -0.2) is 66.1 Å². The summed E-state index contributed by atoms with van der Waals surface area (Å²) in [7, 11) is -2.35. The number of carbonyl (C=O) groups is 1. The number of aromatic nitrogens is 2. The summed E-state index contributed by atoms with van der Waals surface area (Å²) >= 11 is 0. The molecule has 0 aliphatic rings. The van der Waals surface area contributed by atoms with Gasteiger partial charge >= 0.3 is 6.01 Å². The van der Waals surface area contributed by atoms with Gasteiger partial charge in [-0.2, -0.15) is 4.98 Å². The van der Waals surface area contributed by atoms with E-state index in [1.165, 1.54) is 7.05 Å². The third-order valence-electron chi connectivity index (χ3n) is 4.92. The Labute approximate surface area is 183 Å². The molecule has 0 aliphatic heterocycles. The molecule has 2 rings (SSSR count). The fraction of sp³-hybridized carbons (Fsp3) is 0.550. The first-order valence-corrected chi connectivity index (χ1v) is 11.9. The van der Waals surface area contributed by atoms with Crippen LogP contribution in [0.25, 0.3) is 0 Å². The minimum Gasteiger partial charge on any atom is -0.430 e. The van der Waals surface area contributed by atoms with E-state index in [9.17, 15) is 23.4 Å². The Morgan fingerprint density at radius 3 is 2.58 bits per heavy atom. The Balaban J connectivity index is 0.00000512. The monoisotopic (exact) mass is 456 g/mol. The lowest BCUT2D eigenvalue weighted by Gasteiger charge is -2.27. The zero-order chi connectivity index (χ0) is 23.0. The molecular weight excluding hydrogens is 424 g/mol. The second-order valence-corrected chi connectivity index (χ2v) is 9.45. The van der Waals surface area contributed by atoms with E-state index in [0.29, 0.717) is 6.42 Å². The summed E-state index contributed by atoms with van der Waals surface area (Å²) in [6.07, 6.45) is 6.34. The van der Waals surface area contributed by atoms with Crippen molar-refractivity contribution in [2.45, 2.75) is 57.3 Å². The number of nitrogens with one attached hydrogen (secondary N) is 1. The summed E-state index contributed by atoms with van der Waals surface area (Å²) in [5.74, 6) is -0.657. The number of unbranched alkanes of at least 4 members (excludes halogenated alkanes) is 2. The van der Waals surface area contributed by atoms with Crippen molar-refractivity contribution in [1.29, 1.82) is 0 Å². The van der Waals surface area contributed by atoms with E-state index in [1.54, 1.807) is 24.5 Å². The van der Waals surface area contributed by atoms with E-state index < -0.39 is 34.2 Å². The normalized spacial score (nSPS) is 14.6. The van der Waals surface area contributed by atoms with Crippen LogP contribution in [0.2, 0.25) is 0 Å². The summed E-state index contributed by atoms with van der Waals surface area (Å²) < 4.78 is 29.2. The second kappa shape index (κ2) is 11.2. The zero-order valence-corrected chi connectivity index (χ0v) is 18.7. The van der Waals surface area contributed by atoms with Crippen LogP contribution in [0.4, 0.5) is 6.01 Å². The van der Waals surface area contributed by atoms with E-state index in [-0.39, 0.29) is 19.6 Å². The number of aliphatic hydroxyl groups excluding tert-OH is 2. The molecule has 11 heteroatoms. The number of carbonyl (C=O) groups excluding carboxylic acids is 1. The fourth-order valence-corrected chi connectivity index (χ4v) is 3.34. The molecule has 1 amide bonds. The summed E-state index contributed by atoms with van der Waals surface area (Å²) in [5, 5.41) is 23.8. The van der Waals surface area contributed by atoms with Gasteiger partial charge in [0.25, 0.3) is 5.91 Å². The third kappa shape index (κ3) is 7.30. The number of rotatable bonds is 12. The van der Waals surface area contributed by atoms with E-state index in [2.05, 4.69) is 15.3 Å². The fourth-order valence-electron chi connectivity index (χ4n) is 2.97. The highest BCUT2D eigenvalue weighted by atomic mass is 32.2. The zero-order valence-electron chi connectivity index (χ0n) is 17.9. The van der Waals surface area contributed by atoms with Crippen molar-refractivity contribution in [3.63, 3.8) is 0 Å². The molecule has 0 spiro atoms. The summed E-state index contributed by atoms with van der Waals surface area (Å²) in [6.45, 7) is 2.04. The average molecular weight is 457 g/mol. The highest BCUT2D eigenvalue weighted by Gasteiger charge is 2.29. The standard InChI is InChI=1S/C20H30N4O6S.H2/c1-4-5-6-7-17(25)18(26)15(12-14-8-10-21-11-9-14)22-19(27)16-13-30-20(23-16)24(2)31(3,28)29;/h8-11,13,15,17-18,25-26H,4-7,12H2,1-3H3,(H,22,27);1H. The molecule has 3 N–H and O–H groups in total. The van der Waals surface area contributed by atoms with E-state index >= 15 is 0 Å². The Hall–Kier alpha value is -2.50. The molecule has 0 aliphatic carbocycles. The van der Waals surface area contributed by atoms with E-state index in [0.717, 1.165) is 41.7 Å². The summed E-state index contributed by atoms with van der Waals surface area (Å²) in [6, 6.07) is 2.45. The Morgan fingerprint density at radius 1 is 1.29 bits per heavy atom. The Morgan fingerprint density at radius 2 is 1.97 bits per heavy atom. The first-order chi connectivity index (χ1) is 14.6. The van der Waals surface area contributed by atoms with Crippen molar-refractivity contribution in [2.75, 3.05) is 17.6 Å². The molecule has 0 aromatic carbocycles. The van der Waals surface area contributed by atoms with Crippen LogP contribution in [0, 0.1) is 0 Å². The molecule has 0 saturated heterocycles. The molecule has 3 atom stereocenters. The van der Waals surface area contributed by atoms with E-state index in [1.807, 2.05) is 6.92 Å². The molecule has 2 aromatic heterocycles. The first kappa shape index (κ1) is 24.8. The van der Waals surface area contributed by atoms with Crippen molar-refractivity contribution in [3.05, 3.63) is 42.0 Å². The molecule has 10 nitrogen and oxygen atoms in total. The largest absolute Gasteiger partial charge is 0.430 e. The smallest absolute Gasteiger partial charge is 0.311 e. The van der Waals surface area contributed by atoms with Gasteiger partial charge < -0.3 is 19.9 Å². The van der Waals surface area contributed by atoms with Crippen molar-refractivity contribution >= 4 is 21.9 Å². The molecule has 0 bridgehead atoms. The number of hydrogen-bond donors (Lipinski definition) is 3. The van der Waals surface area contributed by atoms with Crippen LogP contribution in [0.3, 0.4) is 0 Å². The molecule has 2 aromatic rings. The number of pyridine rings is 1. The van der Waals surface area contributed by atoms with Crippen molar-refractivity contribution in [1.82, 2.24) is 15.3 Å². The maximum Gasteiger partial charge on any atom is 0.311 e. The van der Waals surface area contributed by atoms with Gasteiger partial charge in [-0.1, -0.05) is 26.2 Å². The lowest BCUT2D eigenvalue weighted by Crippen LogP contribution is -2.50. The predicted molar refractivity (Wildman–Crippen MR) is 117 cm³/mol. The molecule has 2 heterocycles. The van der Waals surface area contributed by atoms with Crippen molar-refractivity contribution in [3.8, 4) is 0 Å². The van der Waals surface area contributed by atoms with Gasteiger partial charge in [0.1, 0.15) is 12.4 Å². The van der Waals surface area contributed by atoms with Crippen LogP contribution in [0.1, 0.15) is 50.1 Å². The molecule has 0 saturated carbocycles. The molecular formula is C20H32N4O6S. The van der Waals surface area contributed by atoms with Gasteiger partial charge in [-0.15, -0.1) is 0 Å². The van der Waals surface area contributed by atoms with Crippen molar-refractivity contribution < 1.29 is 29.3 Å². The van der Waals surface area contributed by atoms with Crippen LogP contribution < -0.4 is 9.62 Å². The number of nitrogens with zero attached hydrogens (tertiary/aromatic N) is 3. The quantitative estimate of drug-likeness (QED) is 0.406. The van der Waals surface area contributed by atoms with E-state index in [4.69, 9.17) is 4.42 Å². The lowest BCUT2D eigenvalue weighted by atomic mass is 9.95. The molecule has 31 heavy (non-hydrogen) atoms.